The van der Waals surface area contributed by atoms with Crippen LogP contribution in [0, 0.1) is 6.92 Å². The first-order valence-corrected chi connectivity index (χ1v) is 8.49. The summed E-state index contributed by atoms with van der Waals surface area (Å²) in [7, 11) is 0. The summed E-state index contributed by atoms with van der Waals surface area (Å²) in [5, 5.41) is 12.7. The number of aromatic nitrogens is 3. The first-order valence-electron chi connectivity index (χ1n) is 6.63. The second-order valence-corrected chi connectivity index (χ2v) is 7.05. The van der Waals surface area contributed by atoms with Gasteiger partial charge in [0.2, 0.25) is 17.7 Å². The van der Waals surface area contributed by atoms with E-state index in [2.05, 4.69) is 20.5 Å². The van der Waals surface area contributed by atoms with Crippen molar-refractivity contribution in [3.05, 3.63) is 22.9 Å². The van der Waals surface area contributed by atoms with E-state index in [9.17, 15) is 4.79 Å². The van der Waals surface area contributed by atoms with Crippen LogP contribution in [0.4, 0.5) is 0 Å². The average Bonchev–Trinajstić information content (AvgIpc) is 3.05. The van der Waals surface area contributed by atoms with Crippen molar-refractivity contribution in [2.24, 2.45) is 0 Å². The molecular formula is C13H18N4O2S2. The molecule has 1 atom stereocenters. The average molecular weight is 326 g/mol. The summed E-state index contributed by atoms with van der Waals surface area (Å²) in [6.45, 7) is 7.72. The highest BCUT2D eigenvalue weighted by atomic mass is 32.2. The number of nitrogens with zero attached hydrogens (tertiary/aromatic N) is 3. The Morgan fingerprint density at radius 3 is 2.67 bits per heavy atom. The molecule has 0 bridgehead atoms. The lowest BCUT2D eigenvalue weighted by Crippen LogP contribution is -2.28. The summed E-state index contributed by atoms with van der Waals surface area (Å²) in [5.41, 5.74) is 0.975. The monoisotopic (exact) mass is 326 g/mol. The molecule has 1 N–H and O–H groups in total. The third-order valence-electron chi connectivity index (χ3n) is 2.62. The molecule has 2 heterocycles. The maximum Gasteiger partial charge on any atom is 0.238 e. The van der Waals surface area contributed by atoms with E-state index in [1.54, 1.807) is 11.3 Å². The van der Waals surface area contributed by atoms with Crippen molar-refractivity contribution < 1.29 is 9.21 Å². The molecular weight excluding hydrogens is 308 g/mol. The van der Waals surface area contributed by atoms with Gasteiger partial charge in [-0.15, -0.1) is 21.5 Å². The molecule has 2 aromatic heterocycles. The summed E-state index contributed by atoms with van der Waals surface area (Å²) in [6, 6.07) is -0.295. The van der Waals surface area contributed by atoms with Crippen molar-refractivity contribution >= 4 is 29.0 Å². The second-order valence-electron chi connectivity index (χ2n) is 4.97. The van der Waals surface area contributed by atoms with Gasteiger partial charge in [-0.05, 0) is 13.8 Å². The minimum Gasteiger partial charge on any atom is -0.423 e. The van der Waals surface area contributed by atoms with Crippen molar-refractivity contribution in [3.8, 4) is 0 Å². The standard InChI is InChI=1S/C13H18N4O2S2/c1-7(2)11-16-17-12(19-11)9(4)15-10(18)6-21-13-14-8(3)5-20-13/h5,7,9H,6H2,1-4H3,(H,15,18)/t9-/m1/s1. The zero-order valence-electron chi connectivity index (χ0n) is 12.4. The Bertz CT molecular complexity index is 609. The van der Waals surface area contributed by atoms with Gasteiger partial charge in [0.15, 0.2) is 4.34 Å². The minimum atomic E-state index is -0.295. The molecule has 2 rings (SSSR count). The molecule has 2 aromatic rings. The van der Waals surface area contributed by atoms with E-state index in [-0.39, 0.29) is 17.9 Å². The van der Waals surface area contributed by atoms with Crippen LogP contribution in [0.25, 0.3) is 0 Å². The SMILES string of the molecule is Cc1csc(SCC(=O)N[C@H](C)c2nnc(C(C)C)o2)n1. The molecule has 0 fully saturated rings. The zero-order valence-corrected chi connectivity index (χ0v) is 14.0. The van der Waals surface area contributed by atoms with Gasteiger partial charge in [0.1, 0.15) is 6.04 Å². The number of rotatable bonds is 6. The number of amides is 1. The highest BCUT2D eigenvalue weighted by molar-refractivity contribution is 8.01. The molecule has 0 aromatic carbocycles. The third-order valence-corrected chi connectivity index (χ3v) is 4.76. The summed E-state index contributed by atoms with van der Waals surface area (Å²) in [5.74, 6) is 1.44. The van der Waals surface area contributed by atoms with Gasteiger partial charge in [-0.3, -0.25) is 4.79 Å². The van der Waals surface area contributed by atoms with Crippen LogP contribution in [0.15, 0.2) is 14.1 Å². The van der Waals surface area contributed by atoms with Gasteiger partial charge >= 0.3 is 0 Å². The molecule has 21 heavy (non-hydrogen) atoms. The van der Waals surface area contributed by atoms with Crippen LogP contribution >= 0.6 is 23.1 Å². The first-order chi connectivity index (χ1) is 9.95. The van der Waals surface area contributed by atoms with Gasteiger partial charge in [0.25, 0.3) is 0 Å². The highest BCUT2D eigenvalue weighted by Gasteiger charge is 2.17. The van der Waals surface area contributed by atoms with Crippen LogP contribution < -0.4 is 5.32 Å². The van der Waals surface area contributed by atoms with Crippen molar-refractivity contribution in [2.45, 2.75) is 44.0 Å². The van der Waals surface area contributed by atoms with E-state index in [1.807, 2.05) is 33.1 Å². The van der Waals surface area contributed by atoms with E-state index in [4.69, 9.17) is 4.42 Å². The normalized spacial score (nSPS) is 12.6. The largest absolute Gasteiger partial charge is 0.423 e. The van der Waals surface area contributed by atoms with Crippen LogP contribution in [0.1, 0.15) is 50.2 Å². The van der Waals surface area contributed by atoms with E-state index in [0.717, 1.165) is 10.0 Å². The molecule has 0 saturated carbocycles. The number of hydrogen-bond acceptors (Lipinski definition) is 7. The fraction of sp³-hybridized carbons (Fsp3) is 0.538. The molecule has 0 aliphatic rings. The second kappa shape index (κ2) is 7.04. The number of carbonyl (C=O) groups excluding carboxylic acids is 1. The molecule has 114 valence electrons. The molecule has 0 spiro atoms. The maximum absolute atomic E-state index is 11.9. The minimum absolute atomic E-state index is 0.0790. The number of hydrogen-bond donors (Lipinski definition) is 1. The van der Waals surface area contributed by atoms with E-state index in [1.165, 1.54) is 11.8 Å². The molecule has 8 heteroatoms. The van der Waals surface area contributed by atoms with Gasteiger partial charge in [-0.2, -0.15) is 0 Å². The molecule has 0 aliphatic heterocycles. The zero-order chi connectivity index (χ0) is 15.4. The Morgan fingerprint density at radius 1 is 1.38 bits per heavy atom. The molecule has 0 saturated heterocycles. The van der Waals surface area contributed by atoms with Crippen LogP contribution in [-0.4, -0.2) is 26.8 Å². The lowest BCUT2D eigenvalue weighted by molar-refractivity contribution is -0.119. The quantitative estimate of drug-likeness (QED) is 0.822. The Labute approximate surface area is 131 Å². The van der Waals surface area contributed by atoms with Crippen molar-refractivity contribution in [3.63, 3.8) is 0 Å². The van der Waals surface area contributed by atoms with Crippen LogP contribution in [0.2, 0.25) is 0 Å². The predicted octanol–water partition coefficient (Wildman–Crippen LogP) is 2.93. The fourth-order valence-corrected chi connectivity index (χ4v) is 3.19. The van der Waals surface area contributed by atoms with E-state index >= 15 is 0 Å². The van der Waals surface area contributed by atoms with Crippen molar-refractivity contribution in [2.75, 3.05) is 5.75 Å². The Morgan fingerprint density at radius 2 is 2.10 bits per heavy atom. The summed E-state index contributed by atoms with van der Waals surface area (Å²) in [6.07, 6.45) is 0. The fourth-order valence-electron chi connectivity index (χ4n) is 1.53. The lowest BCUT2D eigenvalue weighted by atomic mass is 10.2. The number of nitrogens with one attached hydrogen (secondary N) is 1. The first kappa shape index (κ1) is 16.0. The van der Waals surface area contributed by atoms with Crippen LogP contribution in [0.3, 0.4) is 0 Å². The predicted molar refractivity (Wildman–Crippen MR) is 82.5 cm³/mol. The van der Waals surface area contributed by atoms with Gasteiger partial charge < -0.3 is 9.73 Å². The molecule has 0 aliphatic carbocycles. The Kier molecular flexibility index (Phi) is 5.35. The third kappa shape index (κ3) is 4.53. The summed E-state index contributed by atoms with van der Waals surface area (Å²) in [4.78, 5) is 16.2. The topological polar surface area (TPSA) is 80.9 Å². The highest BCUT2D eigenvalue weighted by Crippen LogP contribution is 2.22. The smallest absolute Gasteiger partial charge is 0.238 e. The number of thioether (sulfide) groups is 1. The lowest BCUT2D eigenvalue weighted by Gasteiger charge is -2.09. The van der Waals surface area contributed by atoms with Gasteiger partial charge in [0, 0.05) is 17.0 Å². The van der Waals surface area contributed by atoms with Gasteiger partial charge in [0.05, 0.1) is 5.75 Å². The van der Waals surface area contributed by atoms with Crippen molar-refractivity contribution in [1.29, 1.82) is 0 Å². The van der Waals surface area contributed by atoms with Gasteiger partial charge in [-0.25, -0.2) is 4.98 Å². The maximum atomic E-state index is 11.9. The summed E-state index contributed by atoms with van der Waals surface area (Å²) >= 11 is 2.97. The Balaban J connectivity index is 1.83. The molecule has 0 radical (unpaired) electrons. The number of carbonyl (C=O) groups is 1. The molecule has 0 unspecified atom stereocenters. The molecule has 1 amide bonds. The van der Waals surface area contributed by atoms with E-state index in [0.29, 0.717) is 17.5 Å². The Hall–Kier alpha value is -1.41. The number of thiazole rings is 1. The van der Waals surface area contributed by atoms with Crippen LogP contribution in [-0.2, 0) is 4.79 Å². The number of aryl methyl sites for hydroxylation is 1. The van der Waals surface area contributed by atoms with Crippen molar-refractivity contribution in [1.82, 2.24) is 20.5 Å². The molecule has 6 nitrogen and oxygen atoms in total. The van der Waals surface area contributed by atoms with Gasteiger partial charge in [-0.1, -0.05) is 25.6 Å². The van der Waals surface area contributed by atoms with Crippen LogP contribution in [0.5, 0.6) is 0 Å². The van der Waals surface area contributed by atoms with E-state index < -0.39 is 0 Å². The summed E-state index contributed by atoms with van der Waals surface area (Å²) < 4.78 is 6.42.